The van der Waals surface area contributed by atoms with Gasteiger partial charge in [0.25, 0.3) is 5.91 Å². The van der Waals surface area contributed by atoms with Gasteiger partial charge in [-0.3, -0.25) is 20.0 Å². The highest BCUT2D eigenvalue weighted by Crippen LogP contribution is 2.19. The number of aliphatic imine (C=N–C) groups is 1. The molecule has 0 aliphatic rings. The van der Waals surface area contributed by atoms with Gasteiger partial charge in [0.15, 0.2) is 0 Å². The number of aromatic hydroxyl groups is 1. The third-order valence-electron chi connectivity index (χ3n) is 5.76. The molecule has 0 spiro atoms. The molecule has 3 aromatic carbocycles. The van der Waals surface area contributed by atoms with Crippen molar-refractivity contribution >= 4 is 35.4 Å². The highest BCUT2D eigenvalue weighted by atomic mass is 16.3. The Kier molecular flexibility index (Phi) is 10.9. The summed E-state index contributed by atoms with van der Waals surface area (Å²) in [5, 5.41) is 28.9. The number of amidine groups is 1. The Labute approximate surface area is 239 Å². The van der Waals surface area contributed by atoms with Crippen molar-refractivity contribution in [3.05, 3.63) is 101 Å². The lowest BCUT2D eigenvalue weighted by atomic mass is 10.1. The molecule has 0 unspecified atom stereocenters. The summed E-state index contributed by atoms with van der Waals surface area (Å²) in [6, 6.07) is 18.7. The van der Waals surface area contributed by atoms with Gasteiger partial charge in [0.1, 0.15) is 11.6 Å². The van der Waals surface area contributed by atoms with E-state index in [0.29, 0.717) is 34.6 Å². The molecule has 0 radical (unpaired) electrons. The number of carbonyl (C=O) groups is 2. The molecule has 0 saturated heterocycles. The van der Waals surface area contributed by atoms with Gasteiger partial charge in [-0.2, -0.15) is 0 Å². The molecule has 0 aliphatic carbocycles. The minimum absolute atomic E-state index is 0.0187. The predicted octanol–water partition coefficient (Wildman–Crippen LogP) is 2.42. The van der Waals surface area contributed by atoms with Crippen molar-refractivity contribution in [2.24, 2.45) is 10.7 Å². The lowest BCUT2D eigenvalue weighted by Gasteiger charge is -2.14. The molecule has 0 aliphatic heterocycles. The van der Waals surface area contributed by atoms with Crippen molar-refractivity contribution in [1.82, 2.24) is 21.3 Å². The topological polar surface area (TPSA) is 191 Å². The third kappa shape index (κ3) is 10.1. The van der Waals surface area contributed by atoms with Crippen LogP contribution in [0, 0.1) is 5.41 Å². The van der Waals surface area contributed by atoms with Gasteiger partial charge in [-0.05, 0) is 55.3 Å². The Balaban J connectivity index is 1.70. The molecule has 0 atom stereocenters. The third-order valence-corrected chi connectivity index (χ3v) is 5.76. The van der Waals surface area contributed by atoms with Crippen molar-refractivity contribution < 1.29 is 14.7 Å². The molecule has 11 nitrogen and oxygen atoms in total. The average Bonchev–Trinajstić information content (AvgIpc) is 2.94. The normalized spacial score (nSPS) is 11.3. The minimum Gasteiger partial charge on any atom is -0.508 e. The summed E-state index contributed by atoms with van der Waals surface area (Å²) in [5.41, 5.74) is 15.7. The summed E-state index contributed by atoms with van der Waals surface area (Å²) in [7, 11) is 0. The van der Waals surface area contributed by atoms with Crippen LogP contribution < -0.4 is 32.7 Å². The Morgan fingerprint density at radius 1 is 0.927 bits per heavy atom. The van der Waals surface area contributed by atoms with Crippen LogP contribution >= 0.6 is 0 Å². The summed E-state index contributed by atoms with van der Waals surface area (Å²) < 4.78 is 0. The van der Waals surface area contributed by atoms with E-state index in [-0.39, 0.29) is 42.5 Å². The number of phenolic OH excluding ortho intramolecular Hbond substituents is 1. The Morgan fingerprint density at radius 3 is 2.32 bits per heavy atom. The summed E-state index contributed by atoms with van der Waals surface area (Å²) in [4.78, 5) is 29.8. The highest BCUT2D eigenvalue weighted by molar-refractivity contribution is 5.96. The van der Waals surface area contributed by atoms with E-state index in [4.69, 9.17) is 16.9 Å². The Morgan fingerprint density at radius 2 is 1.63 bits per heavy atom. The molecule has 11 heteroatoms. The lowest BCUT2D eigenvalue weighted by molar-refractivity contribution is -0.120. The second kappa shape index (κ2) is 14.7. The van der Waals surface area contributed by atoms with Gasteiger partial charge in [-0.25, -0.2) is 0 Å². The number of nitrogens with one attached hydrogen (secondary N) is 5. The number of phenols is 1. The van der Waals surface area contributed by atoms with Gasteiger partial charge >= 0.3 is 0 Å². The van der Waals surface area contributed by atoms with Crippen LogP contribution in [0.25, 0.3) is 5.70 Å². The number of nitrogen functional groups attached to an aromatic ring is 2. The van der Waals surface area contributed by atoms with Crippen molar-refractivity contribution in [3.8, 4) is 5.75 Å². The molecule has 214 valence electrons. The number of carbonyl (C=O) groups excluding carboxylic acids is 2. The van der Waals surface area contributed by atoms with Gasteiger partial charge in [0, 0.05) is 47.7 Å². The zero-order chi connectivity index (χ0) is 29.8. The number of nitrogens with two attached hydrogens (primary N) is 2. The van der Waals surface area contributed by atoms with Crippen LogP contribution in [0.3, 0.4) is 0 Å². The summed E-state index contributed by atoms with van der Waals surface area (Å²) in [6.07, 6.45) is 3.19. The van der Waals surface area contributed by atoms with Gasteiger partial charge in [-0.15, -0.1) is 0 Å². The van der Waals surface area contributed by atoms with Crippen LogP contribution in [-0.2, 0) is 17.9 Å². The molecular weight excluding hydrogens is 520 g/mol. The van der Waals surface area contributed by atoms with E-state index in [1.54, 1.807) is 79.3 Å². The maximum Gasteiger partial charge on any atom is 0.251 e. The van der Waals surface area contributed by atoms with E-state index in [1.165, 1.54) is 0 Å². The average molecular weight is 557 g/mol. The van der Waals surface area contributed by atoms with Crippen molar-refractivity contribution in [2.45, 2.75) is 33.0 Å². The van der Waals surface area contributed by atoms with E-state index in [9.17, 15) is 14.7 Å². The minimum atomic E-state index is -0.343. The molecule has 2 amide bonds. The van der Waals surface area contributed by atoms with Crippen LogP contribution in [0.2, 0.25) is 0 Å². The number of anilines is 1. The number of nitrogens with zero attached hydrogens (tertiary/aromatic N) is 1. The maximum absolute atomic E-state index is 12.9. The Hall–Kier alpha value is -5.32. The fourth-order valence-corrected chi connectivity index (χ4v) is 3.68. The molecule has 0 aromatic heterocycles. The zero-order valence-electron chi connectivity index (χ0n) is 23.1. The zero-order valence-corrected chi connectivity index (χ0v) is 23.1. The molecule has 0 bridgehead atoms. The largest absolute Gasteiger partial charge is 0.508 e. The van der Waals surface area contributed by atoms with Crippen LogP contribution in [0.15, 0.2) is 77.9 Å². The van der Waals surface area contributed by atoms with E-state index in [1.807, 2.05) is 13.8 Å². The first-order valence-electron chi connectivity index (χ1n) is 13.0. The first-order valence-corrected chi connectivity index (χ1v) is 13.0. The Bertz CT molecular complexity index is 1430. The van der Waals surface area contributed by atoms with Crippen LogP contribution in [0.1, 0.15) is 46.5 Å². The first kappa shape index (κ1) is 30.2. The van der Waals surface area contributed by atoms with Crippen LogP contribution in [0.4, 0.5) is 5.69 Å². The summed E-state index contributed by atoms with van der Waals surface area (Å²) in [5.74, 6) is -0.499. The number of benzene rings is 3. The number of hydrogen-bond donors (Lipinski definition) is 8. The van der Waals surface area contributed by atoms with E-state index in [0.717, 1.165) is 11.1 Å². The monoisotopic (exact) mass is 556 g/mol. The molecule has 0 saturated carbocycles. The number of hydrogen-bond acceptors (Lipinski definition) is 7. The van der Waals surface area contributed by atoms with Crippen molar-refractivity contribution in [2.75, 3.05) is 12.3 Å². The standard InChI is InChI=1S/C30H36N8O3/c1-19(2)38-18-34-16-27(35-17-28(40)36-14-20-6-8-22(9-7-20)29(32)33)23-11-24(13-25(31)12-23)30(41)37-15-21-4-3-5-26(39)10-21/h3-13,16,18-19,35,39H,14-15,17,31H2,1-2H3,(H3,32,33)(H,34,38)(H,36,40)(H,37,41)/b27-16-. The SMILES string of the molecule is CC(C)N=CN/C=C(\NCC(=O)NCc1ccc(C(=N)N)cc1)c1cc(N)cc(C(=O)NCc2cccc(O)c2)c1. The summed E-state index contributed by atoms with van der Waals surface area (Å²) in [6.45, 7) is 4.37. The van der Waals surface area contributed by atoms with Gasteiger partial charge in [0.2, 0.25) is 5.91 Å². The van der Waals surface area contributed by atoms with E-state index in [2.05, 4.69) is 26.3 Å². The second-order valence-electron chi connectivity index (χ2n) is 9.53. The van der Waals surface area contributed by atoms with Gasteiger partial charge in [0.05, 0.1) is 18.6 Å². The maximum atomic E-state index is 12.9. The molecule has 3 aromatic rings. The lowest BCUT2D eigenvalue weighted by Crippen LogP contribution is -2.33. The van der Waals surface area contributed by atoms with Gasteiger partial charge in [-0.1, -0.05) is 36.4 Å². The van der Waals surface area contributed by atoms with E-state index >= 15 is 0 Å². The second-order valence-corrected chi connectivity index (χ2v) is 9.53. The fraction of sp³-hybridized carbons (Fsp3) is 0.200. The molecular formula is C30H36N8O3. The van der Waals surface area contributed by atoms with Crippen LogP contribution in [-0.4, -0.2) is 41.7 Å². The highest BCUT2D eigenvalue weighted by Gasteiger charge is 2.12. The first-order chi connectivity index (χ1) is 19.6. The fourth-order valence-electron chi connectivity index (χ4n) is 3.68. The predicted molar refractivity (Wildman–Crippen MR) is 162 cm³/mol. The molecule has 3 rings (SSSR count). The van der Waals surface area contributed by atoms with Crippen LogP contribution in [0.5, 0.6) is 5.75 Å². The summed E-state index contributed by atoms with van der Waals surface area (Å²) >= 11 is 0. The molecule has 41 heavy (non-hydrogen) atoms. The molecule has 0 heterocycles. The van der Waals surface area contributed by atoms with E-state index < -0.39 is 0 Å². The molecule has 0 fully saturated rings. The number of amides is 2. The molecule has 10 N–H and O–H groups in total. The van der Waals surface area contributed by atoms with Crippen molar-refractivity contribution in [1.29, 1.82) is 5.41 Å². The smallest absolute Gasteiger partial charge is 0.251 e. The quantitative estimate of drug-likeness (QED) is 0.0900. The number of rotatable bonds is 13. The van der Waals surface area contributed by atoms with Gasteiger partial charge < -0.3 is 37.8 Å². The van der Waals surface area contributed by atoms with Crippen molar-refractivity contribution in [3.63, 3.8) is 0 Å².